The van der Waals surface area contributed by atoms with Crippen molar-refractivity contribution in [2.75, 3.05) is 0 Å². The van der Waals surface area contributed by atoms with E-state index in [0.717, 1.165) is 0 Å². The Bertz CT molecular complexity index is 482. The molecular formula is C13H14F6N2. The lowest BCUT2D eigenvalue weighted by atomic mass is 9.77. The Hall–Kier alpha value is -1.31. The van der Waals surface area contributed by atoms with E-state index in [-0.39, 0.29) is 12.1 Å². The van der Waals surface area contributed by atoms with Gasteiger partial charge in [0.2, 0.25) is 0 Å². The van der Waals surface area contributed by atoms with Crippen LogP contribution < -0.4 is 5.73 Å². The van der Waals surface area contributed by atoms with E-state index in [1.165, 1.54) is 6.20 Å². The summed E-state index contributed by atoms with van der Waals surface area (Å²) in [7, 11) is 0. The number of aryl methyl sites for hydroxylation is 1. The first-order chi connectivity index (χ1) is 9.62. The zero-order valence-corrected chi connectivity index (χ0v) is 10.9. The summed E-state index contributed by atoms with van der Waals surface area (Å²) in [6, 6.07) is 1.19. The van der Waals surface area contributed by atoms with Crippen LogP contribution in [0.5, 0.6) is 0 Å². The van der Waals surface area contributed by atoms with Crippen LogP contribution in [0.15, 0.2) is 18.3 Å². The SMILES string of the molecule is NC(C1CCCc2cccnc21)C(C(F)(F)F)C(F)(F)F. The highest BCUT2D eigenvalue weighted by Gasteiger charge is 2.61. The van der Waals surface area contributed by atoms with Gasteiger partial charge in [-0.1, -0.05) is 6.07 Å². The number of aromatic nitrogens is 1. The third kappa shape index (κ3) is 3.30. The Balaban J connectivity index is 2.37. The molecule has 1 aromatic rings. The van der Waals surface area contributed by atoms with Crippen LogP contribution in [0.3, 0.4) is 0 Å². The van der Waals surface area contributed by atoms with E-state index in [1.54, 1.807) is 12.1 Å². The fraction of sp³-hybridized carbons (Fsp3) is 0.615. The molecule has 2 rings (SSSR count). The number of nitrogens with zero attached hydrogens (tertiary/aromatic N) is 1. The predicted octanol–water partition coefficient (Wildman–Crippen LogP) is 3.57. The van der Waals surface area contributed by atoms with E-state index >= 15 is 0 Å². The summed E-state index contributed by atoms with van der Waals surface area (Å²) >= 11 is 0. The Morgan fingerprint density at radius 1 is 1.14 bits per heavy atom. The highest BCUT2D eigenvalue weighted by atomic mass is 19.4. The van der Waals surface area contributed by atoms with Crippen molar-refractivity contribution in [2.24, 2.45) is 11.7 Å². The van der Waals surface area contributed by atoms with Crippen LogP contribution in [0, 0.1) is 5.92 Å². The molecule has 0 aliphatic heterocycles. The quantitative estimate of drug-likeness (QED) is 0.848. The van der Waals surface area contributed by atoms with Gasteiger partial charge in [0.15, 0.2) is 5.92 Å². The highest BCUT2D eigenvalue weighted by Crippen LogP contribution is 2.46. The van der Waals surface area contributed by atoms with Crippen LogP contribution in [0.1, 0.15) is 30.0 Å². The molecule has 0 amide bonds. The average Bonchev–Trinajstić information content (AvgIpc) is 2.34. The molecule has 0 aromatic carbocycles. The first-order valence-electron chi connectivity index (χ1n) is 6.45. The smallest absolute Gasteiger partial charge is 0.326 e. The Kier molecular flexibility index (Phi) is 4.19. The normalized spacial score (nSPS) is 21.2. The molecule has 118 valence electrons. The Morgan fingerprint density at radius 3 is 2.33 bits per heavy atom. The van der Waals surface area contributed by atoms with Gasteiger partial charge in [0.25, 0.3) is 0 Å². The minimum absolute atomic E-state index is 0.174. The van der Waals surface area contributed by atoms with Gasteiger partial charge in [0, 0.05) is 23.9 Å². The molecule has 0 saturated carbocycles. The number of fused-ring (bicyclic) bond motifs is 1. The fourth-order valence-corrected chi connectivity index (χ4v) is 2.87. The van der Waals surface area contributed by atoms with Crippen molar-refractivity contribution in [3.8, 4) is 0 Å². The van der Waals surface area contributed by atoms with Crippen molar-refractivity contribution in [1.29, 1.82) is 0 Å². The minimum atomic E-state index is -5.43. The number of nitrogens with two attached hydrogens (primary N) is 1. The van der Waals surface area contributed by atoms with E-state index in [0.29, 0.717) is 18.4 Å². The molecule has 2 nitrogen and oxygen atoms in total. The van der Waals surface area contributed by atoms with Crippen LogP contribution in [-0.2, 0) is 6.42 Å². The van der Waals surface area contributed by atoms with E-state index in [1.807, 2.05) is 0 Å². The van der Waals surface area contributed by atoms with E-state index in [9.17, 15) is 26.3 Å². The maximum Gasteiger partial charge on any atom is 0.402 e. The standard InChI is InChI=1S/C13H14F6N2/c14-12(15,16)11(13(17,18)19)9(20)8-5-1-3-7-4-2-6-21-10(7)8/h2,4,6,8-9,11H,1,3,5,20H2. The summed E-state index contributed by atoms with van der Waals surface area (Å²) in [4.78, 5) is 3.95. The van der Waals surface area contributed by atoms with Crippen LogP contribution >= 0.6 is 0 Å². The molecule has 21 heavy (non-hydrogen) atoms. The fourth-order valence-electron chi connectivity index (χ4n) is 2.87. The predicted molar refractivity (Wildman–Crippen MR) is 63.5 cm³/mol. The molecule has 1 aliphatic carbocycles. The summed E-state index contributed by atoms with van der Waals surface area (Å²) in [5.74, 6) is -4.58. The molecule has 0 radical (unpaired) electrons. The van der Waals surface area contributed by atoms with Crippen LogP contribution in [-0.4, -0.2) is 23.4 Å². The summed E-state index contributed by atoms with van der Waals surface area (Å²) in [5.41, 5.74) is 6.33. The van der Waals surface area contributed by atoms with Crippen LogP contribution in [0.2, 0.25) is 0 Å². The molecule has 0 saturated heterocycles. The van der Waals surface area contributed by atoms with Gasteiger partial charge in [-0.15, -0.1) is 0 Å². The number of hydrogen-bond donors (Lipinski definition) is 1. The second-order valence-corrected chi connectivity index (χ2v) is 5.18. The van der Waals surface area contributed by atoms with Gasteiger partial charge in [-0.3, -0.25) is 4.98 Å². The first-order valence-corrected chi connectivity index (χ1v) is 6.45. The van der Waals surface area contributed by atoms with Gasteiger partial charge in [0.1, 0.15) is 0 Å². The second kappa shape index (κ2) is 5.47. The molecule has 0 bridgehead atoms. The van der Waals surface area contributed by atoms with Gasteiger partial charge in [-0.2, -0.15) is 26.3 Å². The van der Waals surface area contributed by atoms with Crippen molar-refractivity contribution in [1.82, 2.24) is 4.98 Å². The van der Waals surface area contributed by atoms with Gasteiger partial charge in [0.05, 0.1) is 0 Å². The molecule has 0 spiro atoms. The van der Waals surface area contributed by atoms with Crippen molar-refractivity contribution >= 4 is 0 Å². The molecule has 2 N–H and O–H groups in total. The van der Waals surface area contributed by atoms with Gasteiger partial charge in [-0.25, -0.2) is 0 Å². The highest BCUT2D eigenvalue weighted by molar-refractivity contribution is 5.27. The molecule has 1 heterocycles. The van der Waals surface area contributed by atoms with E-state index < -0.39 is 30.2 Å². The maximum atomic E-state index is 12.8. The minimum Gasteiger partial charge on any atom is -0.326 e. The molecule has 0 fully saturated rings. The number of pyridine rings is 1. The van der Waals surface area contributed by atoms with E-state index in [4.69, 9.17) is 5.73 Å². The van der Waals surface area contributed by atoms with Gasteiger partial charge in [-0.05, 0) is 30.9 Å². The lowest BCUT2D eigenvalue weighted by Crippen LogP contribution is -2.52. The molecule has 1 aliphatic rings. The molecule has 1 aromatic heterocycles. The van der Waals surface area contributed by atoms with Crippen LogP contribution in [0.4, 0.5) is 26.3 Å². The second-order valence-electron chi connectivity index (χ2n) is 5.18. The summed E-state index contributed by atoms with van der Waals surface area (Å²) in [5, 5.41) is 0. The number of hydrogen-bond acceptors (Lipinski definition) is 2. The van der Waals surface area contributed by atoms with Crippen molar-refractivity contribution in [3.63, 3.8) is 0 Å². The summed E-state index contributed by atoms with van der Waals surface area (Å²) < 4.78 is 76.7. The number of rotatable bonds is 2. The average molecular weight is 312 g/mol. The summed E-state index contributed by atoms with van der Waals surface area (Å²) in [6.45, 7) is 0. The number of alkyl halides is 6. The lowest BCUT2D eigenvalue weighted by Gasteiger charge is -2.35. The maximum absolute atomic E-state index is 12.8. The molecule has 8 heteroatoms. The monoisotopic (exact) mass is 312 g/mol. The van der Waals surface area contributed by atoms with E-state index in [2.05, 4.69) is 4.98 Å². The Labute approximate surface area is 117 Å². The molecule has 2 unspecified atom stereocenters. The van der Waals surface area contributed by atoms with Crippen molar-refractivity contribution in [3.05, 3.63) is 29.6 Å². The van der Waals surface area contributed by atoms with Crippen molar-refractivity contribution in [2.45, 2.75) is 43.6 Å². The zero-order valence-electron chi connectivity index (χ0n) is 10.9. The Morgan fingerprint density at radius 2 is 1.76 bits per heavy atom. The topological polar surface area (TPSA) is 38.9 Å². The largest absolute Gasteiger partial charge is 0.402 e. The zero-order chi connectivity index (χ0) is 15.8. The van der Waals surface area contributed by atoms with Crippen molar-refractivity contribution < 1.29 is 26.3 Å². The third-order valence-corrected chi connectivity index (χ3v) is 3.79. The first kappa shape index (κ1) is 16.1. The summed E-state index contributed by atoms with van der Waals surface area (Å²) in [6.07, 6.45) is -8.23. The third-order valence-electron chi connectivity index (χ3n) is 3.79. The molecule has 2 atom stereocenters. The lowest BCUT2D eigenvalue weighted by molar-refractivity contribution is -0.291. The number of halogens is 6. The van der Waals surface area contributed by atoms with Gasteiger partial charge >= 0.3 is 12.4 Å². The van der Waals surface area contributed by atoms with Crippen LogP contribution in [0.25, 0.3) is 0 Å². The molecular weight excluding hydrogens is 298 g/mol. The van der Waals surface area contributed by atoms with Gasteiger partial charge < -0.3 is 5.73 Å².